The third-order valence-electron chi connectivity index (χ3n) is 3.55. The van der Waals surface area contributed by atoms with Gasteiger partial charge in [0, 0.05) is 20.3 Å². The van der Waals surface area contributed by atoms with Crippen LogP contribution in [0.2, 0.25) is 0 Å². The molecule has 0 saturated carbocycles. The van der Waals surface area contributed by atoms with Gasteiger partial charge in [0.1, 0.15) is 24.4 Å². The van der Waals surface area contributed by atoms with Gasteiger partial charge in [0.25, 0.3) is 5.56 Å². The van der Waals surface area contributed by atoms with E-state index in [2.05, 4.69) is 4.52 Å². The van der Waals surface area contributed by atoms with Gasteiger partial charge in [-0.25, -0.2) is 9.36 Å². The molecule has 0 aliphatic carbocycles. The van der Waals surface area contributed by atoms with E-state index < -0.39 is 50.1 Å². The minimum atomic E-state index is -4.77. The predicted octanol–water partition coefficient (Wildman–Crippen LogP) is -2.64. The fourth-order valence-corrected chi connectivity index (χ4v) is 2.69. The number of hydrogen-bond donors (Lipinski definition) is 4. The summed E-state index contributed by atoms with van der Waals surface area (Å²) < 4.78 is 22.2. The van der Waals surface area contributed by atoms with Crippen LogP contribution >= 0.6 is 7.82 Å². The Morgan fingerprint density at radius 2 is 1.87 bits per heavy atom. The van der Waals surface area contributed by atoms with Crippen molar-refractivity contribution in [2.24, 2.45) is 14.1 Å². The molecule has 4 atom stereocenters. The molecule has 1 aromatic heterocycles. The number of aromatic nitrogens is 2. The molecule has 1 aliphatic rings. The average molecular weight is 352 g/mol. The fourth-order valence-electron chi connectivity index (χ4n) is 2.35. The average Bonchev–Trinajstić information content (AvgIpc) is 2.74. The van der Waals surface area contributed by atoms with E-state index in [1.807, 2.05) is 0 Å². The monoisotopic (exact) mass is 352 g/mol. The number of hydrogen-bond acceptors (Lipinski definition) is 7. The topological polar surface area (TPSA) is 160 Å². The van der Waals surface area contributed by atoms with E-state index in [-0.39, 0.29) is 5.56 Å². The van der Waals surface area contributed by atoms with Crippen LogP contribution in [0.1, 0.15) is 11.7 Å². The molecule has 11 nitrogen and oxygen atoms in total. The molecule has 130 valence electrons. The summed E-state index contributed by atoms with van der Waals surface area (Å²) in [5.41, 5.74) is -1.35. The van der Waals surface area contributed by atoms with Gasteiger partial charge in [-0.3, -0.25) is 13.9 Å². The summed E-state index contributed by atoms with van der Waals surface area (Å²) in [6.07, 6.45) is -4.37. The Morgan fingerprint density at radius 1 is 1.26 bits per heavy atom. The van der Waals surface area contributed by atoms with E-state index in [9.17, 15) is 24.4 Å². The zero-order valence-corrected chi connectivity index (χ0v) is 13.2. The molecule has 0 aromatic carbocycles. The maximum Gasteiger partial charge on any atom is 0.469 e. The van der Waals surface area contributed by atoms with Crippen molar-refractivity contribution in [3.8, 4) is 0 Å². The standard InChI is InChI=1S/C11H17N2O9P/c1-12-3-5(10(16)13(2)11(12)17)9-8(15)7(14)6(22-9)4-21-23(18,19)20/h3,6-9,14-15H,4H2,1-2H3,(H2,18,19,20)/t6-,7-,8?,9?/m1/s1. The molecule has 23 heavy (non-hydrogen) atoms. The number of nitrogens with zero attached hydrogens (tertiary/aromatic N) is 2. The van der Waals surface area contributed by atoms with Crippen LogP contribution in [-0.4, -0.2) is 54.1 Å². The largest absolute Gasteiger partial charge is 0.469 e. The number of phosphoric ester groups is 1. The Kier molecular flexibility index (Phi) is 4.92. The minimum absolute atomic E-state index is 0.0696. The van der Waals surface area contributed by atoms with E-state index in [0.29, 0.717) is 0 Å². The molecule has 2 rings (SSSR count). The summed E-state index contributed by atoms with van der Waals surface area (Å²) in [5.74, 6) is 0. The van der Waals surface area contributed by atoms with Crippen LogP contribution < -0.4 is 11.2 Å². The van der Waals surface area contributed by atoms with Gasteiger partial charge in [-0.1, -0.05) is 0 Å². The lowest BCUT2D eigenvalue weighted by molar-refractivity contribution is -0.0230. The first-order chi connectivity index (χ1) is 10.5. The van der Waals surface area contributed by atoms with Crippen LogP contribution in [0.25, 0.3) is 0 Å². The van der Waals surface area contributed by atoms with Gasteiger partial charge in [0.15, 0.2) is 0 Å². The van der Waals surface area contributed by atoms with Crippen molar-refractivity contribution in [1.29, 1.82) is 0 Å². The van der Waals surface area contributed by atoms with Crippen LogP contribution in [0.5, 0.6) is 0 Å². The molecular weight excluding hydrogens is 335 g/mol. The van der Waals surface area contributed by atoms with Gasteiger partial charge in [-0.05, 0) is 0 Å². The highest BCUT2D eigenvalue weighted by atomic mass is 31.2. The SMILES string of the molecule is Cn1cc(C2O[C@H](COP(=O)(O)O)[C@@H](O)C2O)c(=O)n(C)c1=O. The lowest BCUT2D eigenvalue weighted by Crippen LogP contribution is -2.40. The number of aliphatic hydroxyl groups is 2. The maximum absolute atomic E-state index is 12.1. The molecule has 12 heteroatoms. The van der Waals surface area contributed by atoms with Crippen molar-refractivity contribution in [3.05, 3.63) is 32.6 Å². The number of aryl methyl sites for hydroxylation is 1. The second kappa shape index (κ2) is 6.29. The van der Waals surface area contributed by atoms with Crippen LogP contribution in [-0.2, 0) is 27.9 Å². The maximum atomic E-state index is 12.1. The summed E-state index contributed by atoms with van der Waals surface area (Å²) in [6, 6.07) is 0. The molecule has 2 unspecified atom stereocenters. The van der Waals surface area contributed by atoms with Gasteiger partial charge in [0.05, 0.1) is 12.2 Å². The Labute approximate surface area is 129 Å². The summed E-state index contributed by atoms with van der Waals surface area (Å²) in [4.78, 5) is 41.1. The summed E-state index contributed by atoms with van der Waals surface area (Å²) in [7, 11) is -2.12. The highest BCUT2D eigenvalue weighted by molar-refractivity contribution is 7.46. The summed E-state index contributed by atoms with van der Waals surface area (Å²) in [5, 5.41) is 19.9. The molecule has 1 saturated heterocycles. The van der Waals surface area contributed by atoms with Crippen LogP contribution in [0.3, 0.4) is 0 Å². The molecule has 1 aliphatic heterocycles. The zero-order chi connectivity index (χ0) is 17.5. The van der Waals surface area contributed by atoms with E-state index in [4.69, 9.17) is 14.5 Å². The summed E-state index contributed by atoms with van der Waals surface area (Å²) >= 11 is 0. The lowest BCUT2D eigenvalue weighted by atomic mass is 10.0. The smallest absolute Gasteiger partial charge is 0.387 e. The normalized spacial score (nSPS) is 28.3. The quantitative estimate of drug-likeness (QED) is 0.424. The van der Waals surface area contributed by atoms with Crippen molar-refractivity contribution in [1.82, 2.24) is 9.13 Å². The van der Waals surface area contributed by atoms with E-state index >= 15 is 0 Å². The Bertz CT molecular complexity index is 751. The predicted molar refractivity (Wildman–Crippen MR) is 74.5 cm³/mol. The molecular formula is C11H17N2O9P. The number of phosphoric acid groups is 1. The molecule has 2 heterocycles. The first-order valence-electron chi connectivity index (χ1n) is 6.51. The highest BCUT2D eigenvalue weighted by Gasteiger charge is 2.45. The van der Waals surface area contributed by atoms with Gasteiger partial charge < -0.3 is 29.3 Å². The molecule has 0 spiro atoms. The van der Waals surface area contributed by atoms with E-state index in [1.165, 1.54) is 20.3 Å². The minimum Gasteiger partial charge on any atom is -0.387 e. The first kappa shape index (κ1) is 18.0. The van der Waals surface area contributed by atoms with Crippen molar-refractivity contribution in [3.63, 3.8) is 0 Å². The Balaban J connectivity index is 2.30. The molecule has 0 bridgehead atoms. The first-order valence-corrected chi connectivity index (χ1v) is 8.04. The zero-order valence-electron chi connectivity index (χ0n) is 12.3. The van der Waals surface area contributed by atoms with Crippen molar-refractivity contribution in [2.45, 2.75) is 24.4 Å². The molecule has 1 aromatic rings. The number of rotatable bonds is 4. The van der Waals surface area contributed by atoms with Crippen LogP contribution in [0.15, 0.2) is 15.8 Å². The Hall–Kier alpha value is -1.33. The second-order valence-electron chi connectivity index (χ2n) is 5.20. The van der Waals surface area contributed by atoms with Gasteiger partial charge in [-0.2, -0.15) is 0 Å². The third-order valence-corrected chi connectivity index (χ3v) is 4.03. The van der Waals surface area contributed by atoms with E-state index in [1.54, 1.807) is 0 Å². The van der Waals surface area contributed by atoms with Gasteiger partial charge in [-0.15, -0.1) is 0 Å². The van der Waals surface area contributed by atoms with Crippen molar-refractivity contribution in [2.75, 3.05) is 6.61 Å². The Morgan fingerprint density at radius 3 is 2.43 bits per heavy atom. The van der Waals surface area contributed by atoms with Gasteiger partial charge in [0.2, 0.25) is 0 Å². The van der Waals surface area contributed by atoms with Crippen molar-refractivity contribution >= 4 is 7.82 Å². The van der Waals surface area contributed by atoms with Crippen molar-refractivity contribution < 1.29 is 33.8 Å². The molecule has 4 N–H and O–H groups in total. The molecule has 0 amide bonds. The summed E-state index contributed by atoms with van der Waals surface area (Å²) in [6.45, 7) is -0.676. The highest BCUT2D eigenvalue weighted by Crippen LogP contribution is 2.38. The van der Waals surface area contributed by atoms with Crippen LogP contribution in [0, 0.1) is 0 Å². The fraction of sp³-hybridized carbons (Fsp3) is 0.636. The molecule has 0 radical (unpaired) electrons. The van der Waals surface area contributed by atoms with Gasteiger partial charge >= 0.3 is 13.5 Å². The lowest BCUT2D eigenvalue weighted by Gasteiger charge is -2.16. The molecule has 1 fully saturated rings. The van der Waals surface area contributed by atoms with Crippen LogP contribution in [0.4, 0.5) is 0 Å². The number of aliphatic hydroxyl groups excluding tert-OH is 2. The van der Waals surface area contributed by atoms with E-state index in [0.717, 1.165) is 9.13 Å². The number of ether oxygens (including phenoxy) is 1. The second-order valence-corrected chi connectivity index (χ2v) is 6.44. The third kappa shape index (κ3) is 3.61.